The number of ether oxygens (including phenoxy) is 1. The van der Waals surface area contributed by atoms with Crippen molar-refractivity contribution in [3.63, 3.8) is 0 Å². The lowest BCUT2D eigenvalue weighted by Crippen LogP contribution is -2.49. The minimum atomic E-state index is 0.439. The van der Waals surface area contributed by atoms with Crippen LogP contribution in [0.1, 0.15) is 26.7 Å². The van der Waals surface area contributed by atoms with Crippen molar-refractivity contribution in [1.29, 1.82) is 0 Å². The maximum atomic E-state index is 5.67. The van der Waals surface area contributed by atoms with E-state index in [-0.39, 0.29) is 0 Å². The molecule has 0 aliphatic heterocycles. The Labute approximate surface area is 81.0 Å². The minimum Gasteiger partial charge on any atom is -0.380 e. The Morgan fingerprint density at radius 1 is 1.46 bits per heavy atom. The van der Waals surface area contributed by atoms with Gasteiger partial charge in [0, 0.05) is 25.2 Å². The zero-order chi connectivity index (χ0) is 9.68. The predicted octanol–water partition coefficient (Wildman–Crippen LogP) is 0.738. The monoisotopic (exact) mass is 186 g/mol. The second kappa shape index (κ2) is 5.58. The summed E-state index contributed by atoms with van der Waals surface area (Å²) in [6.45, 7) is 6.98. The first-order chi connectivity index (χ1) is 6.18. The van der Waals surface area contributed by atoms with E-state index >= 15 is 0 Å². The smallest absolute Gasteiger partial charge is 0.0591 e. The zero-order valence-electron chi connectivity index (χ0n) is 8.75. The third kappa shape index (κ3) is 4.60. The van der Waals surface area contributed by atoms with Gasteiger partial charge in [-0.05, 0) is 18.8 Å². The van der Waals surface area contributed by atoms with E-state index in [2.05, 4.69) is 19.2 Å². The fourth-order valence-corrected chi connectivity index (χ4v) is 1.48. The Bertz CT molecular complexity index is 133. The number of hydrogen-bond acceptors (Lipinski definition) is 3. The molecule has 0 aromatic carbocycles. The largest absolute Gasteiger partial charge is 0.380 e. The summed E-state index contributed by atoms with van der Waals surface area (Å²) in [7, 11) is 0. The third-order valence-electron chi connectivity index (χ3n) is 2.31. The first-order valence-corrected chi connectivity index (χ1v) is 5.25. The fraction of sp³-hybridized carbons (Fsp3) is 1.00. The van der Waals surface area contributed by atoms with E-state index in [1.165, 1.54) is 0 Å². The summed E-state index contributed by atoms with van der Waals surface area (Å²) in [5.41, 5.74) is 5.67. The zero-order valence-corrected chi connectivity index (χ0v) is 8.75. The van der Waals surface area contributed by atoms with Crippen LogP contribution in [0.25, 0.3) is 0 Å². The van der Waals surface area contributed by atoms with Crippen LogP contribution in [0.15, 0.2) is 0 Å². The minimum absolute atomic E-state index is 0.439. The standard InChI is InChI=1S/C10H22N2O/c1-8(2)7-13-4-3-12-10-5-9(11)6-10/h8-10,12H,3-7,11H2,1-2H3. The number of nitrogens with two attached hydrogens (primary N) is 1. The Morgan fingerprint density at radius 3 is 2.69 bits per heavy atom. The van der Waals surface area contributed by atoms with E-state index in [1.54, 1.807) is 0 Å². The van der Waals surface area contributed by atoms with Crippen LogP contribution in [0, 0.1) is 5.92 Å². The molecule has 3 heteroatoms. The summed E-state index contributed by atoms with van der Waals surface area (Å²) in [6, 6.07) is 1.09. The molecule has 1 rings (SSSR count). The van der Waals surface area contributed by atoms with Gasteiger partial charge in [-0.1, -0.05) is 13.8 Å². The van der Waals surface area contributed by atoms with Gasteiger partial charge in [-0.2, -0.15) is 0 Å². The highest BCUT2D eigenvalue weighted by Crippen LogP contribution is 2.16. The molecule has 1 fully saturated rings. The van der Waals surface area contributed by atoms with Gasteiger partial charge in [-0.3, -0.25) is 0 Å². The van der Waals surface area contributed by atoms with Gasteiger partial charge >= 0.3 is 0 Å². The van der Waals surface area contributed by atoms with Gasteiger partial charge in [-0.25, -0.2) is 0 Å². The summed E-state index contributed by atoms with van der Waals surface area (Å²) >= 11 is 0. The topological polar surface area (TPSA) is 47.3 Å². The number of hydrogen-bond donors (Lipinski definition) is 2. The number of nitrogens with one attached hydrogen (secondary N) is 1. The van der Waals surface area contributed by atoms with Crippen LogP contribution in [0.4, 0.5) is 0 Å². The molecular formula is C10H22N2O. The average molecular weight is 186 g/mol. The summed E-state index contributed by atoms with van der Waals surface area (Å²) < 4.78 is 5.45. The first-order valence-electron chi connectivity index (χ1n) is 5.25. The molecule has 0 radical (unpaired) electrons. The van der Waals surface area contributed by atoms with Gasteiger partial charge in [0.1, 0.15) is 0 Å². The van der Waals surface area contributed by atoms with Crippen molar-refractivity contribution in [1.82, 2.24) is 5.32 Å². The first kappa shape index (κ1) is 11.0. The lowest BCUT2D eigenvalue weighted by atomic mass is 9.88. The van der Waals surface area contributed by atoms with Gasteiger partial charge in [0.15, 0.2) is 0 Å². The normalized spacial score (nSPS) is 27.7. The fourth-order valence-electron chi connectivity index (χ4n) is 1.48. The molecule has 0 amide bonds. The van der Waals surface area contributed by atoms with E-state index < -0.39 is 0 Å². The molecule has 0 saturated heterocycles. The van der Waals surface area contributed by atoms with Crippen LogP contribution in [0.3, 0.4) is 0 Å². The Morgan fingerprint density at radius 2 is 2.15 bits per heavy atom. The SMILES string of the molecule is CC(C)COCCNC1CC(N)C1. The Balaban J connectivity index is 1.79. The van der Waals surface area contributed by atoms with E-state index in [0.717, 1.165) is 32.6 Å². The van der Waals surface area contributed by atoms with Crippen molar-refractivity contribution in [2.45, 2.75) is 38.8 Å². The van der Waals surface area contributed by atoms with Gasteiger partial charge in [0.25, 0.3) is 0 Å². The molecule has 0 aromatic heterocycles. The van der Waals surface area contributed by atoms with E-state index in [9.17, 15) is 0 Å². The molecule has 1 aliphatic rings. The van der Waals surface area contributed by atoms with Crippen molar-refractivity contribution in [3.8, 4) is 0 Å². The van der Waals surface area contributed by atoms with Gasteiger partial charge in [0.2, 0.25) is 0 Å². The molecule has 0 aromatic rings. The third-order valence-corrected chi connectivity index (χ3v) is 2.31. The molecule has 0 unspecified atom stereocenters. The number of rotatable bonds is 6. The van der Waals surface area contributed by atoms with Crippen molar-refractivity contribution >= 4 is 0 Å². The summed E-state index contributed by atoms with van der Waals surface area (Å²) in [5, 5.41) is 3.42. The molecular weight excluding hydrogens is 164 g/mol. The molecule has 78 valence electrons. The molecule has 0 atom stereocenters. The van der Waals surface area contributed by atoms with Gasteiger partial charge in [0.05, 0.1) is 6.61 Å². The van der Waals surface area contributed by atoms with Crippen molar-refractivity contribution < 1.29 is 4.74 Å². The Hall–Kier alpha value is -0.120. The van der Waals surface area contributed by atoms with Crippen LogP contribution in [-0.2, 0) is 4.74 Å². The van der Waals surface area contributed by atoms with Crippen molar-refractivity contribution in [2.75, 3.05) is 19.8 Å². The molecule has 3 nitrogen and oxygen atoms in total. The highest BCUT2D eigenvalue weighted by Gasteiger charge is 2.24. The maximum absolute atomic E-state index is 5.67. The second-order valence-corrected chi connectivity index (χ2v) is 4.35. The maximum Gasteiger partial charge on any atom is 0.0591 e. The van der Waals surface area contributed by atoms with Crippen LogP contribution >= 0.6 is 0 Å². The van der Waals surface area contributed by atoms with E-state index in [1.807, 2.05) is 0 Å². The summed E-state index contributed by atoms with van der Waals surface area (Å²) in [5.74, 6) is 0.636. The van der Waals surface area contributed by atoms with Crippen molar-refractivity contribution in [3.05, 3.63) is 0 Å². The molecule has 0 heterocycles. The summed E-state index contributed by atoms with van der Waals surface area (Å²) in [6.07, 6.45) is 2.26. The molecule has 1 aliphatic carbocycles. The van der Waals surface area contributed by atoms with Crippen LogP contribution in [0.2, 0.25) is 0 Å². The van der Waals surface area contributed by atoms with Crippen LogP contribution in [-0.4, -0.2) is 31.8 Å². The predicted molar refractivity (Wildman–Crippen MR) is 54.7 cm³/mol. The van der Waals surface area contributed by atoms with Crippen LogP contribution < -0.4 is 11.1 Å². The van der Waals surface area contributed by atoms with Gasteiger partial charge in [-0.15, -0.1) is 0 Å². The van der Waals surface area contributed by atoms with Crippen LogP contribution in [0.5, 0.6) is 0 Å². The molecule has 13 heavy (non-hydrogen) atoms. The quantitative estimate of drug-likeness (QED) is 0.601. The Kier molecular flexibility index (Phi) is 4.70. The highest BCUT2D eigenvalue weighted by molar-refractivity contribution is 4.87. The van der Waals surface area contributed by atoms with Crippen molar-refractivity contribution in [2.24, 2.45) is 11.7 Å². The average Bonchev–Trinajstić information content (AvgIpc) is 1.99. The lowest BCUT2D eigenvalue weighted by molar-refractivity contribution is 0.106. The molecule has 0 bridgehead atoms. The second-order valence-electron chi connectivity index (χ2n) is 4.35. The van der Waals surface area contributed by atoms with E-state index in [0.29, 0.717) is 18.0 Å². The van der Waals surface area contributed by atoms with Gasteiger partial charge < -0.3 is 15.8 Å². The molecule has 1 saturated carbocycles. The highest BCUT2D eigenvalue weighted by atomic mass is 16.5. The molecule has 3 N–H and O–H groups in total. The molecule has 0 spiro atoms. The summed E-state index contributed by atoms with van der Waals surface area (Å²) in [4.78, 5) is 0. The van der Waals surface area contributed by atoms with E-state index in [4.69, 9.17) is 10.5 Å². The lowest BCUT2D eigenvalue weighted by Gasteiger charge is -2.33.